The van der Waals surface area contributed by atoms with Gasteiger partial charge in [0, 0.05) is 18.2 Å². The molecule has 0 aliphatic carbocycles. The first-order chi connectivity index (χ1) is 7.74. The lowest BCUT2D eigenvalue weighted by Gasteiger charge is -2.37. The van der Waals surface area contributed by atoms with Gasteiger partial charge < -0.3 is 10.6 Å². The lowest BCUT2D eigenvalue weighted by molar-refractivity contribution is 0.446. The molecule has 1 unspecified atom stereocenters. The van der Waals surface area contributed by atoms with Crippen LogP contribution >= 0.6 is 0 Å². The summed E-state index contributed by atoms with van der Waals surface area (Å²) in [5.41, 5.74) is 6.85. The van der Waals surface area contributed by atoms with Crippen LogP contribution in [0.5, 0.6) is 0 Å². The predicted molar refractivity (Wildman–Crippen MR) is 66.5 cm³/mol. The van der Waals surface area contributed by atoms with Crippen molar-refractivity contribution in [3.8, 4) is 0 Å². The van der Waals surface area contributed by atoms with Crippen molar-refractivity contribution in [1.82, 2.24) is 9.97 Å². The van der Waals surface area contributed by atoms with Gasteiger partial charge in [0.15, 0.2) is 0 Å². The quantitative estimate of drug-likeness (QED) is 0.829. The second-order valence-electron chi connectivity index (χ2n) is 4.46. The number of hydrogen-bond acceptors (Lipinski definition) is 4. The molecule has 1 atom stereocenters. The molecule has 1 aliphatic rings. The molecule has 16 heavy (non-hydrogen) atoms. The molecule has 0 amide bonds. The predicted octanol–water partition coefficient (Wildman–Crippen LogP) is 2.14. The van der Waals surface area contributed by atoms with Crippen LogP contribution in [0.15, 0.2) is 6.33 Å². The lowest BCUT2D eigenvalue weighted by atomic mass is 9.99. The molecule has 0 bridgehead atoms. The summed E-state index contributed by atoms with van der Waals surface area (Å²) >= 11 is 0. The highest BCUT2D eigenvalue weighted by Crippen LogP contribution is 2.28. The fraction of sp³-hybridized carbons (Fsp3) is 0.667. The molecule has 2 heterocycles. The van der Waals surface area contributed by atoms with Gasteiger partial charge in [-0.3, -0.25) is 0 Å². The second kappa shape index (κ2) is 4.68. The van der Waals surface area contributed by atoms with Crippen molar-refractivity contribution in [2.24, 2.45) is 0 Å². The Kier molecular flexibility index (Phi) is 3.27. The van der Waals surface area contributed by atoms with Crippen LogP contribution in [0.4, 0.5) is 11.6 Å². The highest BCUT2D eigenvalue weighted by molar-refractivity contribution is 5.56. The Morgan fingerprint density at radius 3 is 3.00 bits per heavy atom. The van der Waals surface area contributed by atoms with Crippen molar-refractivity contribution in [2.45, 2.75) is 45.6 Å². The molecule has 0 radical (unpaired) electrons. The molecule has 1 saturated heterocycles. The van der Waals surface area contributed by atoms with Gasteiger partial charge in [0.1, 0.15) is 18.0 Å². The van der Waals surface area contributed by atoms with E-state index in [2.05, 4.69) is 21.8 Å². The summed E-state index contributed by atoms with van der Waals surface area (Å²) in [5.74, 6) is 1.63. The van der Waals surface area contributed by atoms with Gasteiger partial charge in [-0.1, -0.05) is 6.92 Å². The van der Waals surface area contributed by atoms with Gasteiger partial charge >= 0.3 is 0 Å². The first-order valence-electron chi connectivity index (χ1n) is 6.07. The molecular formula is C12H20N4. The first-order valence-corrected chi connectivity index (χ1v) is 6.07. The summed E-state index contributed by atoms with van der Waals surface area (Å²) < 4.78 is 0. The van der Waals surface area contributed by atoms with Gasteiger partial charge in [-0.05, 0) is 32.6 Å². The number of piperidine rings is 1. The van der Waals surface area contributed by atoms with Gasteiger partial charge in [0.2, 0.25) is 0 Å². The van der Waals surface area contributed by atoms with Crippen molar-refractivity contribution >= 4 is 11.6 Å². The number of hydrogen-bond donors (Lipinski definition) is 1. The van der Waals surface area contributed by atoms with Crippen LogP contribution in [0.25, 0.3) is 0 Å². The molecule has 1 aliphatic heterocycles. The Balaban J connectivity index is 2.30. The Morgan fingerprint density at radius 2 is 2.25 bits per heavy atom. The highest BCUT2D eigenvalue weighted by atomic mass is 15.2. The van der Waals surface area contributed by atoms with Crippen LogP contribution < -0.4 is 10.6 Å². The van der Waals surface area contributed by atoms with Crippen LogP contribution in [0, 0.1) is 6.92 Å². The number of rotatable bonds is 2. The minimum Gasteiger partial charge on any atom is -0.383 e. The Hall–Kier alpha value is -1.32. The van der Waals surface area contributed by atoms with E-state index in [0.29, 0.717) is 11.9 Å². The summed E-state index contributed by atoms with van der Waals surface area (Å²) in [7, 11) is 0. The monoisotopic (exact) mass is 220 g/mol. The third kappa shape index (κ3) is 1.96. The fourth-order valence-corrected chi connectivity index (χ4v) is 2.45. The maximum Gasteiger partial charge on any atom is 0.137 e. The van der Waals surface area contributed by atoms with Gasteiger partial charge in [-0.15, -0.1) is 0 Å². The summed E-state index contributed by atoms with van der Waals surface area (Å²) in [4.78, 5) is 10.8. The topological polar surface area (TPSA) is 55.0 Å². The van der Waals surface area contributed by atoms with Crippen molar-refractivity contribution in [3.05, 3.63) is 11.9 Å². The third-order valence-electron chi connectivity index (χ3n) is 3.47. The average Bonchev–Trinajstić information content (AvgIpc) is 2.33. The number of anilines is 2. The molecule has 88 valence electrons. The molecule has 2 rings (SSSR count). The smallest absolute Gasteiger partial charge is 0.137 e. The van der Waals surface area contributed by atoms with Crippen LogP contribution in [0.2, 0.25) is 0 Å². The molecular weight excluding hydrogens is 200 g/mol. The normalized spacial score (nSPS) is 21.1. The maximum atomic E-state index is 5.84. The standard InChI is InChI=1S/C12H20N4/c1-3-10-6-4-5-7-16(10)12-9(2)11(13)14-8-15-12/h8,10H,3-7H2,1-2H3,(H2,13,14,15). The second-order valence-corrected chi connectivity index (χ2v) is 4.46. The Labute approximate surface area is 96.9 Å². The highest BCUT2D eigenvalue weighted by Gasteiger charge is 2.23. The van der Waals surface area contributed by atoms with Crippen molar-refractivity contribution in [1.29, 1.82) is 0 Å². The number of nitrogens with zero attached hydrogens (tertiary/aromatic N) is 3. The van der Waals surface area contributed by atoms with E-state index >= 15 is 0 Å². The van der Waals surface area contributed by atoms with Crippen LogP contribution in [0.3, 0.4) is 0 Å². The first kappa shape index (κ1) is 11.2. The zero-order chi connectivity index (χ0) is 11.5. The minimum absolute atomic E-state index is 0.602. The Bertz CT molecular complexity index is 364. The Morgan fingerprint density at radius 1 is 1.44 bits per heavy atom. The molecule has 1 aromatic heterocycles. The maximum absolute atomic E-state index is 5.84. The zero-order valence-electron chi connectivity index (χ0n) is 10.1. The molecule has 0 spiro atoms. The summed E-state index contributed by atoms with van der Waals surface area (Å²) in [6.45, 7) is 5.34. The fourth-order valence-electron chi connectivity index (χ4n) is 2.45. The lowest BCUT2D eigenvalue weighted by Crippen LogP contribution is -2.40. The SMILES string of the molecule is CCC1CCCCN1c1ncnc(N)c1C. The molecule has 1 aromatic rings. The van der Waals surface area contributed by atoms with E-state index in [-0.39, 0.29) is 0 Å². The van der Waals surface area contributed by atoms with Crippen LogP contribution in [-0.4, -0.2) is 22.6 Å². The van der Waals surface area contributed by atoms with E-state index in [0.717, 1.165) is 17.9 Å². The molecule has 4 nitrogen and oxygen atoms in total. The summed E-state index contributed by atoms with van der Waals surface area (Å²) in [6.07, 6.45) is 6.58. The molecule has 1 fully saturated rings. The van der Waals surface area contributed by atoms with Crippen LogP contribution in [-0.2, 0) is 0 Å². The number of nitrogen functional groups attached to an aromatic ring is 1. The van der Waals surface area contributed by atoms with Crippen molar-refractivity contribution in [3.63, 3.8) is 0 Å². The van der Waals surface area contributed by atoms with Gasteiger partial charge in [-0.25, -0.2) is 9.97 Å². The third-order valence-corrected chi connectivity index (χ3v) is 3.47. The summed E-state index contributed by atoms with van der Waals surface area (Å²) in [5, 5.41) is 0. The van der Waals surface area contributed by atoms with Crippen LogP contribution in [0.1, 0.15) is 38.2 Å². The van der Waals surface area contributed by atoms with Crippen molar-refractivity contribution < 1.29 is 0 Å². The molecule has 0 saturated carbocycles. The largest absolute Gasteiger partial charge is 0.383 e. The van der Waals surface area contributed by atoms with E-state index < -0.39 is 0 Å². The molecule has 4 heteroatoms. The van der Waals surface area contributed by atoms with E-state index in [9.17, 15) is 0 Å². The van der Waals surface area contributed by atoms with E-state index in [1.54, 1.807) is 6.33 Å². The zero-order valence-corrected chi connectivity index (χ0v) is 10.1. The van der Waals surface area contributed by atoms with Gasteiger partial charge in [-0.2, -0.15) is 0 Å². The van der Waals surface area contributed by atoms with Gasteiger partial charge in [0.25, 0.3) is 0 Å². The number of aromatic nitrogens is 2. The van der Waals surface area contributed by atoms with E-state index in [4.69, 9.17) is 5.73 Å². The van der Waals surface area contributed by atoms with E-state index in [1.165, 1.54) is 25.7 Å². The summed E-state index contributed by atoms with van der Waals surface area (Å²) in [6, 6.07) is 0.613. The van der Waals surface area contributed by atoms with Crippen molar-refractivity contribution in [2.75, 3.05) is 17.2 Å². The molecule has 0 aromatic carbocycles. The number of nitrogens with two attached hydrogens (primary N) is 1. The van der Waals surface area contributed by atoms with Gasteiger partial charge in [0.05, 0.1) is 0 Å². The average molecular weight is 220 g/mol. The van der Waals surface area contributed by atoms with E-state index in [1.807, 2.05) is 6.92 Å². The molecule has 2 N–H and O–H groups in total. The minimum atomic E-state index is 0.602.